The number of hydrazine groups is 1. The zero-order valence-corrected chi connectivity index (χ0v) is 18.2. The van der Waals surface area contributed by atoms with E-state index in [0.717, 1.165) is 17.1 Å². The number of anilines is 1. The third-order valence-electron chi connectivity index (χ3n) is 6.53. The van der Waals surface area contributed by atoms with E-state index in [0.29, 0.717) is 41.7 Å². The standard InChI is InChI=1S/C25H17N3O7/c29-21-14-5-4-13(25(33)34)12-18(14)24(32)27(21)28-22(30)16-3-1-2-15-19(26-8-10-35-11-9-26)7-6-17(20(15)16)23(28)31/h1-7,12H,8-11H2,(H,33,34). The van der Waals surface area contributed by atoms with Gasteiger partial charge in [-0.25, -0.2) is 4.79 Å². The monoisotopic (exact) mass is 471 g/mol. The Morgan fingerprint density at radius 1 is 0.743 bits per heavy atom. The Bertz CT molecular complexity index is 1480. The van der Waals surface area contributed by atoms with Gasteiger partial charge in [-0.2, -0.15) is 10.0 Å². The average molecular weight is 471 g/mol. The predicted octanol–water partition coefficient (Wildman–Crippen LogP) is 2.18. The van der Waals surface area contributed by atoms with Gasteiger partial charge in [0.05, 0.1) is 41.0 Å². The number of hydrogen-bond donors (Lipinski definition) is 1. The maximum atomic E-state index is 13.5. The molecule has 0 atom stereocenters. The summed E-state index contributed by atoms with van der Waals surface area (Å²) in [5.74, 6) is -4.69. The van der Waals surface area contributed by atoms with Crippen LogP contribution >= 0.6 is 0 Å². The van der Waals surface area contributed by atoms with Crippen molar-refractivity contribution in [2.24, 2.45) is 0 Å². The second kappa shape index (κ2) is 7.47. The van der Waals surface area contributed by atoms with Crippen molar-refractivity contribution in [3.05, 3.63) is 76.3 Å². The first-order chi connectivity index (χ1) is 16.9. The predicted molar refractivity (Wildman–Crippen MR) is 121 cm³/mol. The van der Waals surface area contributed by atoms with Gasteiger partial charge in [-0.05, 0) is 36.4 Å². The molecule has 0 unspecified atom stereocenters. The van der Waals surface area contributed by atoms with Gasteiger partial charge in [0, 0.05) is 29.5 Å². The second-order valence-corrected chi connectivity index (χ2v) is 8.37. The van der Waals surface area contributed by atoms with Crippen LogP contribution in [0.15, 0.2) is 48.5 Å². The van der Waals surface area contributed by atoms with Gasteiger partial charge >= 0.3 is 5.97 Å². The molecule has 0 aliphatic carbocycles. The van der Waals surface area contributed by atoms with Crippen LogP contribution in [0.25, 0.3) is 10.8 Å². The van der Waals surface area contributed by atoms with Crippen LogP contribution in [0, 0.1) is 0 Å². The first-order valence-electron chi connectivity index (χ1n) is 10.9. The number of aromatic carboxylic acids is 1. The fraction of sp³-hybridized carbons (Fsp3) is 0.160. The summed E-state index contributed by atoms with van der Waals surface area (Å²) in [6.45, 7) is 2.47. The number of carboxylic acids is 1. The third-order valence-corrected chi connectivity index (χ3v) is 6.53. The lowest BCUT2D eigenvalue weighted by Gasteiger charge is -2.34. The quantitative estimate of drug-likeness (QED) is 0.577. The van der Waals surface area contributed by atoms with Crippen molar-refractivity contribution in [2.75, 3.05) is 31.2 Å². The summed E-state index contributed by atoms with van der Waals surface area (Å²) in [6.07, 6.45) is 0. The fourth-order valence-corrected chi connectivity index (χ4v) is 4.87. The molecule has 1 saturated heterocycles. The van der Waals surface area contributed by atoms with E-state index in [4.69, 9.17) is 4.74 Å². The number of nitrogens with zero attached hydrogens (tertiary/aromatic N) is 3. The van der Waals surface area contributed by atoms with Crippen LogP contribution in [0.1, 0.15) is 51.8 Å². The molecule has 0 saturated carbocycles. The first kappa shape index (κ1) is 21.0. The fourth-order valence-electron chi connectivity index (χ4n) is 4.87. The number of hydrogen-bond acceptors (Lipinski definition) is 7. The molecule has 10 heteroatoms. The van der Waals surface area contributed by atoms with Crippen molar-refractivity contribution < 1.29 is 33.8 Å². The van der Waals surface area contributed by atoms with E-state index in [9.17, 15) is 29.1 Å². The maximum Gasteiger partial charge on any atom is 0.335 e. The maximum absolute atomic E-state index is 13.5. The minimum absolute atomic E-state index is 0.0766. The number of ether oxygens (including phenoxy) is 1. The number of fused-ring (bicyclic) bond motifs is 1. The van der Waals surface area contributed by atoms with Crippen molar-refractivity contribution in [3.63, 3.8) is 0 Å². The van der Waals surface area contributed by atoms with Crippen LogP contribution in [-0.4, -0.2) is 71.0 Å². The van der Waals surface area contributed by atoms with Gasteiger partial charge in [-0.3, -0.25) is 19.2 Å². The molecule has 3 aromatic rings. The van der Waals surface area contributed by atoms with E-state index < -0.39 is 29.6 Å². The molecular weight excluding hydrogens is 454 g/mol. The van der Waals surface area contributed by atoms with Gasteiger partial charge in [0.2, 0.25) is 0 Å². The van der Waals surface area contributed by atoms with Crippen molar-refractivity contribution in [1.29, 1.82) is 0 Å². The number of amides is 4. The number of rotatable bonds is 3. The molecule has 1 N–H and O–H groups in total. The Morgan fingerprint density at radius 3 is 2.03 bits per heavy atom. The van der Waals surface area contributed by atoms with Crippen LogP contribution in [0.3, 0.4) is 0 Å². The van der Waals surface area contributed by atoms with Crippen LogP contribution in [0.2, 0.25) is 0 Å². The zero-order valence-electron chi connectivity index (χ0n) is 18.2. The third kappa shape index (κ3) is 2.90. The molecule has 0 radical (unpaired) electrons. The molecule has 6 rings (SSSR count). The number of benzene rings is 3. The summed E-state index contributed by atoms with van der Waals surface area (Å²) >= 11 is 0. The normalized spacial score (nSPS) is 17.4. The molecule has 10 nitrogen and oxygen atoms in total. The Labute approximate surface area is 197 Å². The smallest absolute Gasteiger partial charge is 0.335 e. The average Bonchev–Trinajstić information content (AvgIpc) is 3.12. The Balaban J connectivity index is 1.45. The van der Waals surface area contributed by atoms with Crippen LogP contribution in [0.5, 0.6) is 0 Å². The lowest BCUT2D eigenvalue weighted by Crippen LogP contribution is -2.54. The van der Waals surface area contributed by atoms with E-state index in [2.05, 4.69) is 4.90 Å². The minimum atomic E-state index is -1.27. The molecule has 0 spiro atoms. The summed E-state index contributed by atoms with van der Waals surface area (Å²) < 4.78 is 5.43. The topological polar surface area (TPSA) is 125 Å². The van der Waals surface area contributed by atoms with Crippen molar-refractivity contribution >= 4 is 46.1 Å². The van der Waals surface area contributed by atoms with E-state index in [1.54, 1.807) is 24.3 Å². The summed E-state index contributed by atoms with van der Waals surface area (Å²) in [7, 11) is 0. The summed E-state index contributed by atoms with van der Waals surface area (Å²) in [5.41, 5.74) is 0.804. The highest BCUT2D eigenvalue weighted by atomic mass is 16.5. The minimum Gasteiger partial charge on any atom is -0.478 e. The van der Waals surface area contributed by atoms with E-state index in [-0.39, 0.29) is 27.8 Å². The molecule has 0 bridgehead atoms. The van der Waals surface area contributed by atoms with Crippen molar-refractivity contribution in [2.45, 2.75) is 0 Å². The SMILES string of the molecule is O=C(O)c1ccc2c(c1)C(=O)N(N1C(=O)c3cccc4c(N5CCOCC5)ccc(c34)C1=O)C2=O. The Morgan fingerprint density at radius 2 is 1.34 bits per heavy atom. The summed E-state index contributed by atoms with van der Waals surface area (Å²) in [6, 6.07) is 11.9. The van der Waals surface area contributed by atoms with Crippen LogP contribution in [0.4, 0.5) is 5.69 Å². The number of carboxylic acid groups (broad SMARTS) is 1. The highest BCUT2D eigenvalue weighted by Gasteiger charge is 2.47. The molecule has 35 heavy (non-hydrogen) atoms. The lowest BCUT2D eigenvalue weighted by molar-refractivity contribution is 0.00523. The largest absolute Gasteiger partial charge is 0.478 e. The van der Waals surface area contributed by atoms with Gasteiger partial charge in [-0.15, -0.1) is 0 Å². The highest BCUT2D eigenvalue weighted by molar-refractivity contribution is 6.30. The summed E-state index contributed by atoms with van der Waals surface area (Å²) in [5, 5.41) is 11.5. The Kier molecular flexibility index (Phi) is 4.48. The number of carbonyl (C=O) groups is 5. The van der Waals surface area contributed by atoms with Crippen LogP contribution in [-0.2, 0) is 4.74 Å². The number of imide groups is 2. The molecule has 4 amide bonds. The zero-order chi connectivity index (χ0) is 24.4. The molecule has 0 aromatic heterocycles. The molecule has 3 aromatic carbocycles. The molecule has 3 aliphatic rings. The van der Waals surface area contributed by atoms with E-state index >= 15 is 0 Å². The van der Waals surface area contributed by atoms with Gasteiger partial charge in [0.15, 0.2) is 0 Å². The Hall–Kier alpha value is -4.57. The van der Waals surface area contributed by atoms with Gasteiger partial charge < -0.3 is 14.7 Å². The van der Waals surface area contributed by atoms with Crippen molar-refractivity contribution in [3.8, 4) is 0 Å². The molecular formula is C25H17N3O7. The van der Waals surface area contributed by atoms with Crippen molar-refractivity contribution in [1.82, 2.24) is 10.0 Å². The van der Waals surface area contributed by atoms with Gasteiger partial charge in [0.25, 0.3) is 23.6 Å². The molecule has 3 aliphatic heterocycles. The molecule has 3 heterocycles. The highest BCUT2D eigenvalue weighted by Crippen LogP contribution is 2.38. The van der Waals surface area contributed by atoms with E-state index in [1.807, 2.05) is 6.07 Å². The van der Waals surface area contributed by atoms with E-state index in [1.165, 1.54) is 12.1 Å². The second-order valence-electron chi connectivity index (χ2n) is 8.37. The van der Waals surface area contributed by atoms with Crippen LogP contribution < -0.4 is 4.90 Å². The van der Waals surface area contributed by atoms with Gasteiger partial charge in [0.1, 0.15) is 0 Å². The first-order valence-corrected chi connectivity index (χ1v) is 10.9. The number of carbonyl (C=O) groups excluding carboxylic acids is 4. The number of morpholine rings is 1. The summed E-state index contributed by atoms with van der Waals surface area (Å²) in [4.78, 5) is 66.7. The lowest BCUT2D eigenvalue weighted by atomic mass is 9.93. The molecule has 174 valence electrons. The molecule has 1 fully saturated rings. The van der Waals surface area contributed by atoms with Gasteiger partial charge in [-0.1, -0.05) is 12.1 Å².